The van der Waals surface area contributed by atoms with Crippen LogP contribution in [-0.2, 0) is 32.5 Å². The Morgan fingerprint density at radius 3 is 2.73 bits per heavy atom. The molecule has 3 saturated heterocycles. The normalized spacial score (nSPS) is 21.2. The van der Waals surface area contributed by atoms with Crippen molar-refractivity contribution in [1.29, 1.82) is 0 Å². The summed E-state index contributed by atoms with van der Waals surface area (Å²) in [5.41, 5.74) is 3.46. The summed E-state index contributed by atoms with van der Waals surface area (Å²) in [5.74, 6) is 0.509. The molecule has 40 heavy (non-hydrogen) atoms. The summed E-state index contributed by atoms with van der Waals surface area (Å²) >= 11 is 0. The number of hydrogen-bond donors (Lipinski definition) is 1. The Hall–Kier alpha value is -3.86. The van der Waals surface area contributed by atoms with Crippen LogP contribution < -0.4 is 10.2 Å². The maximum Gasteiger partial charge on any atom is 0.251 e. The zero-order chi connectivity index (χ0) is 27.3. The summed E-state index contributed by atoms with van der Waals surface area (Å²) in [7, 11) is -3.49. The van der Waals surface area contributed by atoms with Crippen molar-refractivity contribution in [3.05, 3.63) is 83.7 Å². The van der Waals surface area contributed by atoms with E-state index in [9.17, 15) is 13.2 Å². The number of benzene rings is 2. The Morgan fingerprint density at radius 1 is 1.02 bits per heavy atom. The lowest BCUT2D eigenvalue weighted by atomic mass is 9.99. The van der Waals surface area contributed by atoms with Gasteiger partial charge in [-0.05, 0) is 47.3 Å². The Labute approximate surface area is 232 Å². The highest BCUT2D eigenvalue weighted by Gasteiger charge is 2.38. The predicted octanol–water partition coefficient (Wildman–Crippen LogP) is 3.51. The molecular formula is C30H28N4O5S. The maximum absolute atomic E-state index is 12.9. The number of hydrogen-bond acceptors (Lipinski definition) is 8. The summed E-state index contributed by atoms with van der Waals surface area (Å²) in [6.07, 6.45) is 3.56. The zero-order valence-electron chi connectivity index (χ0n) is 21.7. The van der Waals surface area contributed by atoms with Crippen molar-refractivity contribution in [2.75, 3.05) is 30.3 Å². The average molecular weight is 557 g/mol. The Balaban J connectivity index is 1.08. The first kappa shape index (κ1) is 25.1. The molecule has 204 valence electrons. The van der Waals surface area contributed by atoms with Crippen LogP contribution in [0.2, 0.25) is 0 Å². The summed E-state index contributed by atoms with van der Waals surface area (Å²) in [6.45, 7) is 2.32. The molecule has 1 amide bonds. The topological polar surface area (TPSA) is 111 Å². The van der Waals surface area contributed by atoms with Crippen molar-refractivity contribution in [3.8, 4) is 11.3 Å². The van der Waals surface area contributed by atoms with E-state index >= 15 is 0 Å². The lowest BCUT2D eigenvalue weighted by Gasteiger charge is -2.47. The molecule has 1 N–H and O–H groups in total. The van der Waals surface area contributed by atoms with Crippen LogP contribution in [0.1, 0.15) is 28.0 Å². The van der Waals surface area contributed by atoms with Crippen LogP contribution in [0.3, 0.4) is 0 Å². The van der Waals surface area contributed by atoms with E-state index in [-0.39, 0.29) is 41.9 Å². The number of sulfone groups is 1. The van der Waals surface area contributed by atoms with Crippen molar-refractivity contribution >= 4 is 32.3 Å². The number of amides is 1. The second-order valence-electron chi connectivity index (χ2n) is 10.5. The van der Waals surface area contributed by atoms with Gasteiger partial charge in [-0.2, -0.15) is 0 Å². The highest BCUT2D eigenvalue weighted by Crippen LogP contribution is 2.32. The minimum Gasteiger partial charge on any atom is -0.376 e. The van der Waals surface area contributed by atoms with Crippen LogP contribution in [0.15, 0.2) is 71.8 Å². The molecule has 2 atom stereocenters. The molecule has 0 aliphatic carbocycles. The van der Waals surface area contributed by atoms with E-state index in [0.717, 1.165) is 47.4 Å². The molecule has 9 nitrogen and oxygen atoms in total. The molecule has 0 saturated carbocycles. The van der Waals surface area contributed by atoms with Crippen molar-refractivity contribution in [2.45, 2.75) is 36.7 Å². The Kier molecular flexibility index (Phi) is 6.25. The molecule has 0 radical (unpaired) electrons. The first-order chi connectivity index (χ1) is 19.4. The van der Waals surface area contributed by atoms with Gasteiger partial charge in [-0.25, -0.2) is 13.4 Å². The molecule has 10 heteroatoms. The van der Waals surface area contributed by atoms with E-state index in [0.29, 0.717) is 23.5 Å². The van der Waals surface area contributed by atoms with Gasteiger partial charge in [0.2, 0.25) is 0 Å². The van der Waals surface area contributed by atoms with E-state index in [2.05, 4.69) is 21.3 Å². The number of piperidine rings is 1. The van der Waals surface area contributed by atoms with Crippen LogP contribution in [0, 0.1) is 0 Å². The third kappa shape index (κ3) is 4.83. The number of morpholine rings is 1. The lowest BCUT2D eigenvalue weighted by Crippen LogP contribution is -2.57. The molecule has 2 unspecified atom stereocenters. The predicted molar refractivity (Wildman–Crippen MR) is 150 cm³/mol. The van der Waals surface area contributed by atoms with E-state index < -0.39 is 9.84 Å². The van der Waals surface area contributed by atoms with Gasteiger partial charge in [0.25, 0.3) is 5.91 Å². The van der Waals surface area contributed by atoms with E-state index in [1.807, 2.05) is 36.4 Å². The number of nitrogens with zero attached hydrogens (tertiary/aromatic N) is 3. The van der Waals surface area contributed by atoms with Crippen molar-refractivity contribution in [1.82, 2.24) is 15.3 Å². The molecule has 2 aromatic heterocycles. The van der Waals surface area contributed by atoms with Crippen molar-refractivity contribution in [2.24, 2.45) is 0 Å². The van der Waals surface area contributed by atoms with Gasteiger partial charge < -0.3 is 19.7 Å². The van der Waals surface area contributed by atoms with Gasteiger partial charge in [-0.15, -0.1) is 0 Å². The molecule has 2 bridgehead atoms. The van der Waals surface area contributed by atoms with Crippen molar-refractivity contribution < 1.29 is 22.7 Å². The lowest BCUT2D eigenvalue weighted by molar-refractivity contribution is -0.133. The number of carbonyl (C=O) groups is 1. The molecule has 3 fully saturated rings. The first-order valence-corrected chi connectivity index (χ1v) is 15.0. The molecular weight excluding hydrogens is 528 g/mol. The smallest absolute Gasteiger partial charge is 0.251 e. The number of anilines is 1. The number of pyridine rings is 2. The number of rotatable bonds is 5. The summed E-state index contributed by atoms with van der Waals surface area (Å²) in [5, 5.41) is 4.85. The fraction of sp³-hybridized carbons (Fsp3) is 0.300. The van der Waals surface area contributed by atoms with Gasteiger partial charge in [0.05, 0.1) is 54.0 Å². The zero-order valence-corrected chi connectivity index (χ0v) is 22.6. The van der Waals surface area contributed by atoms with Crippen molar-refractivity contribution in [3.63, 3.8) is 0 Å². The van der Waals surface area contributed by atoms with E-state index in [1.165, 1.54) is 6.07 Å². The maximum atomic E-state index is 12.9. The Morgan fingerprint density at radius 2 is 1.88 bits per heavy atom. The molecule has 8 rings (SSSR count). The molecule has 4 aliphatic rings. The van der Waals surface area contributed by atoms with E-state index in [1.54, 1.807) is 18.3 Å². The first-order valence-electron chi connectivity index (χ1n) is 13.4. The van der Waals surface area contributed by atoms with Gasteiger partial charge in [0.1, 0.15) is 5.82 Å². The van der Waals surface area contributed by atoms with Gasteiger partial charge in [-0.1, -0.05) is 24.3 Å². The summed E-state index contributed by atoms with van der Waals surface area (Å²) < 4.78 is 36.3. The van der Waals surface area contributed by atoms with Crippen LogP contribution in [0.5, 0.6) is 0 Å². The molecule has 6 heterocycles. The van der Waals surface area contributed by atoms with Gasteiger partial charge in [0.15, 0.2) is 9.84 Å². The number of nitrogens with one attached hydrogen (secondary N) is 1. The largest absolute Gasteiger partial charge is 0.376 e. The number of carbonyl (C=O) groups excluding carboxylic acids is 1. The minimum absolute atomic E-state index is 0.0952. The van der Waals surface area contributed by atoms with E-state index in [4.69, 9.17) is 14.5 Å². The highest BCUT2D eigenvalue weighted by atomic mass is 32.2. The second kappa shape index (κ2) is 9.96. The quantitative estimate of drug-likeness (QED) is 0.398. The number of ether oxygens (including phenoxy) is 2. The van der Waals surface area contributed by atoms with Crippen LogP contribution in [-0.4, -0.2) is 62.0 Å². The van der Waals surface area contributed by atoms with Gasteiger partial charge in [-0.3, -0.25) is 9.78 Å². The second-order valence-corrected chi connectivity index (χ2v) is 12.6. The number of fused-ring (bicyclic) bond motifs is 4. The average Bonchev–Trinajstić information content (AvgIpc) is 3.12. The summed E-state index contributed by atoms with van der Waals surface area (Å²) in [4.78, 5) is 24.8. The minimum atomic E-state index is -3.49. The van der Waals surface area contributed by atoms with Crippen LogP contribution in [0.4, 0.5) is 5.82 Å². The van der Waals surface area contributed by atoms with Crippen LogP contribution >= 0.6 is 0 Å². The van der Waals surface area contributed by atoms with Gasteiger partial charge in [0, 0.05) is 42.2 Å². The monoisotopic (exact) mass is 556 g/mol. The van der Waals surface area contributed by atoms with Crippen LogP contribution in [0.25, 0.3) is 22.0 Å². The Bertz CT molecular complexity index is 1730. The SMILES string of the molecule is O=C(NCc1cc2cc(-c3cccc(N4CC5CC(C4)O5)n3)ccc2cn1)c1ccc2c(c1)S(=O)(=O)CCOC2. The standard InChI is InChI=1S/C30H28N4O5S/c35-30(20-5-7-22-18-38-8-9-40(36,37)28(22)12-20)32-15-24-11-23-10-19(4-6-21(23)14-31-24)27-2-1-3-29(33-27)34-16-25-13-26(17-34)39-25/h1-7,10-12,14,25-26H,8-9,13,15-18H2,(H,32,35). The fourth-order valence-electron chi connectivity index (χ4n) is 5.58. The summed E-state index contributed by atoms with van der Waals surface area (Å²) in [6, 6.07) is 18.9. The molecule has 2 aromatic carbocycles. The molecule has 4 aromatic rings. The third-order valence-electron chi connectivity index (χ3n) is 7.74. The molecule has 4 aliphatic heterocycles. The molecule has 0 spiro atoms. The van der Waals surface area contributed by atoms with Gasteiger partial charge >= 0.3 is 0 Å². The number of aromatic nitrogens is 2. The fourth-order valence-corrected chi connectivity index (χ4v) is 6.97. The highest BCUT2D eigenvalue weighted by molar-refractivity contribution is 7.91. The third-order valence-corrected chi connectivity index (χ3v) is 9.49.